The van der Waals surface area contributed by atoms with Crippen LogP contribution in [0.25, 0.3) is 21.9 Å². The van der Waals surface area contributed by atoms with Crippen molar-refractivity contribution in [2.75, 3.05) is 6.54 Å². The summed E-state index contributed by atoms with van der Waals surface area (Å²) in [6, 6.07) is 15.6. The van der Waals surface area contributed by atoms with Crippen molar-refractivity contribution < 1.29 is 0 Å². The van der Waals surface area contributed by atoms with Crippen molar-refractivity contribution in [3.8, 4) is 0 Å². The van der Waals surface area contributed by atoms with E-state index in [0.29, 0.717) is 6.04 Å². The molecule has 0 spiro atoms. The minimum absolute atomic E-state index is 0.146. The molecule has 6 rings (SSSR count). The Bertz CT molecular complexity index is 1380. The van der Waals surface area contributed by atoms with E-state index in [1.54, 1.807) is 0 Å². The Balaban J connectivity index is 1.44. The normalized spacial score (nSPS) is 17.1. The third kappa shape index (κ3) is 3.16. The highest BCUT2D eigenvalue weighted by Crippen LogP contribution is 2.39. The minimum atomic E-state index is 0.146. The van der Waals surface area contributed by atoms with Gasteiger partial charge in [-0.15, -0.1) is 0 Å². The lowest BCUT2D eigenvalue weighted by atomic mass is 9.93. The second kappa shape index (κ2) is 7.28. The van der Waals surface area contributed by atoms with E-state index in [2.05, 4.69) is 90.9 Å². The first-order valence-electron chi connectivity index (χ1n) is 10.8. The molecule has 1 atom stereocenters. The summed E-state index contributed by atoms with van der Waals surface area (Å²) >= 11 is 1.27. The second-order valence-corrected chi connectivity index (χ2v) is 9.15. The highest BCUT2D eigenvalue weighted by molar-refractivity contribution is 7.00. The second-order valence-electron chi connectivity index (χ2n) is 8.62. The molecule has 0 bridgehead atoms. The molecule has 0 amide bonds. The minimum Gasteiger partial charge on any atom is -0.357 e. The van der Waals surface area contributed by atoms with Gasteiger partial charge >= 0.3 is 0 Å². The van der Waals surface area contributed by atoms with Gasteiger partial charge in [0.15, 0.2) is 0 Å². The van der Waals surface area contributed by atoms with Gasteiger partial charge in [-0.1, -0.05) is 24.3 Å². The van der Waals surface area contributed by atoms with Gasteiger partial charge in [-0.2, -0.15) is 13.8 Å². The van der Waals surface area contributed by atoms with Crippen molar-refractivity contribution in [2.24, 2.45) is 0 Å². The van der Waals surface area contributed by atoms with Gasteiger partial charge in [0.05, 0.1) is 24.0 Å². The van der Waals surface area contributed by atoms with Gasteiger partial charge < -0.3 is 4.98 Å². The average molecular weight is 429 g/mol. The number of nitrogens with zero attached hydrogens (tertiary/aromatic N) is 5. The number of benzene rings is 2. The van der Waals surface area contributed by atoms with Gasteiger partial charge in [0.2, 0.25) is 0 Å². The molecule has 5 aromatic rings. The molecule has 1 N–H and O–H groups in total. The first-order chi connectivity index (χ1) is 15.2. The summed E-state index contributed by atoms with van der Waals surface area (Å²) in [5.74, 6) is 0. The van der Waals surface area contributed by atoms with Crippen molar-refractivity contribution in [3.63, 3.8) is 0 Å². The van der Waals surface area contributed by atoms with Crippen LogP contribution in [-0.4, -0.2) is 35.0 Å². The molecule has 0 radical (unpaired) electrons. The molecular formula is C24H24N6S. The van der Waals surface area contributed by atoms with Crippen LogP contribution in [0.4, 0.5) is 0 Å². The number of hydrogen-bond donors (Lipinski definition) is 1. The molecule has 0 aliphatic carbocycles. The quantitative estimate of drug-likeness (QED) is 0.433. The molecule has 0 saturated heterocycles. The van der Waals surface area contributed by atoms with Crippen LogP contribution in [0.15, 0.2) is 54.9 Å². The zero-order valence-electron chi connectivity index (χ0n) is 17.6. The van der Waals surface area contributed by atoms with Gasteiger partial charge in [-0.3, -0.25) is 9.58 Å². The molecule has 156 valence electrons. The van der Waals surface area contributed by atoms with Crippen molar-refractivity contribution in [1.82, 2.24) is 28.4 Å². The van der Waals surface area contributed by atoms with Gasteiger partial charge in [-0.05, 0) is 49.6 Å². The molecule has 0 saturated carbocycles. The fourth-order valence-corrected chi connectivity index (χ4v) is 5.29. The van der Waals surface area contributed by atoms with E-state index in [1.165, 1.54) is 45.0 Å². The summed E-state index contributed by atoms with van der Waals surface area (Å²) in [5, 5.41) is 5.99. The maximum Gasteiger partial charge on any atom is 0.105 e. The largest absolute Gasteiger partial charge is 0.357 e. The Labute approximate surface area is 184 Å². The van der Waals surface area contributed by atoms with Crippen LogP contribution in [0.3, 0.4) is 0 Å². The Morgan fingerprint density at radius 1 is 1.13 bits per heavy atom. The van der Waals surface area contributed by atoms with E-state index in [-0.39, 0.29) is 6.04 Å². The molecule has 31 heavy (non-hydrogen) atoms. The van der Waals surface area contributed by atoms with E-state index in [4.69, 9.17) is 0 Å². The number of rotatable bonds is 4. The number of aromatic amines is 1. The summed E-state index contributed by atoms with van der Waals surface area (Å²) in [6.45, 7) is 6.20. The number of para-hydroxylation sites is 1. The molecule has 1 aliphatic rings. The molecule has 3 aromatic heterocycles. The molecule has 6 nitrogen and oxygen atoms in total. The smallest absolute Gasteiger partial charge is 0.105 e. The first kappa shape index (κ1) is 18.7. The van der Waals surface area contributed by atoms with Crippen LogP contribution >= 0.6 is 11.7 Å². The third-order valence-corrected chi connectivity index (χ3v) is 6.86. The van der Waals surface area contributed by atoms with Crippen LogP contribution in [0.2, 0.25) is 0 Å². The lowest BCUT2D eigenvalue weighted by Crippen LogP contribution is -2.35. The number of hydrogen-bond acceptors (Lipinski definition) is 5. The summed E-state index contributed by atoms with van der Waals surface area (Å²) in [4.78, 5) is 6.30. The standard InChI is InChI=1S/C24H24N6S/c1-15(2)30-14-17(12-25-30)24-23-19(18-5-3-4-6-20(18)26-23)9-10-29(24)13-16-7-8-21-22(11-16)28-31-27-21/h3-8,11-12,14-15,24,26H,9-10,13H2,1-2H3/t24-/m1/s1. The fourth-order valence-electron chi connectivity index (χ4n) is 4.78. The van der Waals surface area contributed by atoms with Crippen LogP contribution in [-0.2, 0) is 13.0 Å². The van der Waals surface area contributed by atoms with Crippen molar-refractivity contribution in [2.45, 2.75) is 38.9 Å². The number of fused-ring (bicyclic) bond motifs is 4. The predicted molar refractivity (Wildman–Crippen MR) is 124 cm³/mol. The van der Waals surface area contributed by atoms with E-state index in [0.717, 1.165) is 30.5 Å². The Morgan fingerprint density at radius 2 is 2.00 bits per heavy atom. The lowest BCUT2D eigenvalue weighted by Gasteiger charge is -2.35. The van der Waals surface area contributed by atoms with Crippen LogP contribution in [0.1, 0.15) is 48.3 Å². The van der Waals surface area contributed by atoms with Crippen molar-refractivity contribution >= 4 is 33.7 Å². The maximum atomic E-state index is 4.65. The average Bonchev–Trinajstić information content (AvgIpc) is 3.51. The monoisotopic (exact) mass is 428 g/mol. The predicted octanol–water partition coefficient (Wildman–Crippen LogP) is 5.10. The fraction of sp³-hybridized carbons (Fsp3) is 0.292. The topological polar surface area (TPSA) is 62.6 Å². The molecule has 0 fully saturated rings. The van der Waals surface area contributed by atoms with Gasteiger partial charge in [-0.25, -0.2) is 0 Å². The summed E-state index contributed by atoms with van der Waals surface area (Å²) < 4.78 is 10.8. The molecule has 7 heteroatoms. The SMILES string of the molecule is CC(C)n1cc([C@@H]2c3[nH]c4ccccc4c3CCN2Cc2ccc3nsnc3c2)cn1. The van der Waals surface area contributed by atoms with Gasteiger partial charge in [0.25, 0.3) is 0 Å². The highest BCUT2D eigenvalue weighted by Gasteiger charge is 2.32. The van der Waals surface area contributed by atoms with Crippen LogP contribution < -0.4 is 0 Å². The van der Waals surface area contributed by atoms with E-state index in [1.807, 2.05) is 6.20 Å². The zero-order valence-corrected chi connectivity index (χ0v) is 18.4. The number of nitrogens with one attached hydrogen (secondary N) is 1. The van der Waals surface area contributed by atoms with E-state index >= 15 is 0 Å². The molecule has 2 aromatic carbocycles. The summed E-state index contributed by atoms with van der Waals surface area (Å²) in [5.41, 5.74) is 8.40. The molecular weight excluding hydrogens is 404 g/mol. The van der Waals surface area contributed by atoms with Crippen molar-refractivity contribution in [1.29, 1.82) is 0 Å². The first-order valence-corrected chi connectivity index (χ1v) is 11.5. The van der Waals surface area contributed by atoms with Crippen molar-refractivity contribution in [3.05, 3.63) is 77.2 Å². The Hall–Kier alpha value is -3.03. The van der Waals surface area contributed by atoms with E-state index < -0.39 is 0 Å². The van der Waals surface area contributed by atoms with Gasteiger partial charge in [0.1, 0.15) is 11.0 Å². The van der Waals surface area contributed by atoms with Gasteiger partial charge in [0, 0.05) is 47.5 Å². The van der Waals surface area contributed by atoms with Crippen LogP contribution in [0.5, 0.6) is 0 Å². The van der Waals surface area contributed by atoms with Crippen LogP contribution in [0, 0.1) is 0 Å². The highest BCUT2D eigenvalue weighted by atomic mass is 32.1. The Morgan fingerprint density at radius 3 is 2.87 bits per heavy atom. The lowest BCUT2D eigenvalue weighted by molar-refractivity contribution is 0.202. The van der Waals surface area contributed by atoms with E-state index in [9.17, 15) is 0 Å². The molecule has 4 heterocycles. The summed E-state index contributed by atoms with van der Waals surface area (Å²) in [7, 11) is 0. The Kier molecular flexibility index (Phi) is 4.40. The number of aromatic nitrogens is 5. The molecule has 0 unspecified atom stereocenters. The third-order valence-electron chi connectivity index (χ3n) is 6.30. The number of H-pyrrole nitrogens is 1. The molecule has 1 aliphatic heterocycles. The maximum absolute atomic E-state index is 4.65. The zero-order chi connectivity index (χ0) is 20.9. The summed E-state index contributed by atoms with van der Waals surface area (Å²) in [6.07, 6.45) is 5.27.